The van der Waals surface area contributed by atoms with E-state index in [1.165, 1.54) is 17.2 Å². The number of nitrogens with one attached hydrogen (secondary N) is 2. The van der Waals surface area contributed by atoms with E-state index in [2.05, 4.69) is 73.7 Å². The van der Waals surface area contributed by atoms with Gasteiger partial charge in [-0.3, -0.25) is 10.1 Å². The molecule has 5 nitrogen and oxygen atoms in total. The summed E-state index contributed by atoms with van der Waals surface area (Å²) in [6.45, 7) is 0. The summed E-state index contributed by atoms with van der Waals surface area (Å²) in [5, 5.41) is 9.71. The average Bonchev–Trinajstić information content (AvgIpc) is 3.60. The number of aromatic nitrogens is 5. The van der Waals surface area contributed by atoms with E-state index >= 15 is 0 Å². The maximum atomic E-state index is 13.9. The molecule has 188 valence electrons. The Balaban J connectivity index is 1.24. The van der Waals surface area contributed by atoms with Crippen molar-refractivity contribution in [2.45, 2.75) is 12.8 Å². The first-order chi connectivity index (χ1) is 19.2. The van der Waals surface area contributed by atoms with Crippen LogP contribution in [0.1, 0.15) is 11.1 Å². The van der Waals surface area contributed by atoms with E-state index in [0.717, 1.165) is 68.4 Å². The molecule has 2 N–H and O–H groups in total. The monoisotopic (exact) mass is 509 g/mol. The zero-order valence-corrected chi connectivity index (χ0v) is 21.0. The van der Waals surface area contributed by atoms with Crippen LogP contribution in [0.25, 0.3) is 55.6 Å². The number of halogens is 1. The van der Waals surface area contributed by atoms with Crippen molar-refractivity contribution in [2.24, 2.45) is 0 Å². The minimum absolute atomic E-state index is 0.266. The fraction of sp³-hybridized carbons (Fsp3) is 0.0606. The Labute approximate surface area is 224 Å². The SMILES string of the molecule is Fc1cccc(-c2ccnc3[nH]c(-c4n[nH]c5ccc(-c6cncc(CCc7ccccc7)c6)cc45)cc23)c1. The van der Waals surface area contributed by atoms with Gasteiger partial charge >= 0.3 is 0 Å². The van der Waals surface area contributed by atoms with E-state index in [0.29, 0.717) is 0 Å². The van der Waals surface area contributed by atoms with Crippen LogP contribution in [0.2, 0.25) is 0 Å². The molecule has 0 aliphatic carbocycles. The molecule has 3 aromatic carbocycles. The molecular weight excluding hydrogens is 485 g/mol. The number of benzene rings is 3. The van der Waals surface area contributed by atoms with Gasteiger partial charge in [0, 0.05) is 34.9 Å². The van der Waals surface area contributed by atoms with Gasteiger partial charge in [-0.1, -0.05) is 48.5 Å². The van der Waals surface area contributed by atoms with Crippen molar-refractivity contribution in [1.29, 1.82) is 0 Å². The second kappa shape index (κ2) is 9.65. The third kappa shape index (κ3) is 4.46. The highest BCUT2D eigenvalue weighted by Crippen LogP contribution is 2.34. The minimum Gasteiger partial charge on any atom is -0.338 e. The van der Waals surface area contributed by atoms with Crippen molar-refractivity contribution < 1.29 is 4.39 Å². The normalized spacial score (nSPS) is 11.4. The van der Waals surface area contributed by atoms with Gasteiger partial charge in [-0.2, -0.15) is 5.10 Å². The fourth-order valence-electron chi connectivity index (χ4n) is 5.18. The number of aromatic amines is 2. The lowest BCUT2D eigenvalue weighted by Crippen LogP contribution is -1.93. The Hall–Kier alpha value is -5.10. The molecule has 4 aromatic heterocycles. The molecule has 0 aliphatic heterocycles. The number of hydrogen-bond donors (Lipinski definition) is 2. The summed E-state index contributed by atoms with van der Waals surface area (Å²) in [5.74, 6) is -0.266. The molecule has 6 heteroatoms. The third-order valence-corrected chi connectivity index (χ3v) is 7.16. The van der Waals surface area contributed by atoms with Gasteiger partial charge in [-0.05, 0) is 83.1 Å². The molecule has 0 atom stereocenters. The summed E-state index contributed by atoms with van der Waals surface area (Å²) in [6.07, 6.45) is 7.50. The molecule has 0 bridgehead atoms. The summed E-state index contributed by atoms with van der Waals surface area (Å²) in [5.41, 5.74) is 9.73. The lowest BCUT2D eigenvalue weighted by Gasteiger charge is -2.06. The number of H-pyrrole nitrogens is 2. The molecule has 0 unspecified atom stereocenters. The summed E-state index contributed by atoms with van der Waals surface area (Å²) in [7, 11) is 0. The highest BCUT2D eigenvalue weighted by atomic mass is 19.1. The quantitative estimate of drug-likeness (QED) is 0.241. The first kappa shape index (κ1) is 23.0. The zero-order valence-electron chi connectivity index (χ0n) is 21.0. The van der Waals surface area contributed by atoms with E-state index in [4.69, 9.17) is 0 Å². The molecule has 4 heterocycles. The summed E-state index contributed by atoms with van der Waals surface area (Å²) in [6, 6.07) is 29.6. The van der Waals surface area contributed by atoms with Crippen molar-refractivity contribution in [3.63, 3.8) is 0 Å². The van der Waals surface area contributed by atoms with Gasteiger partial charge in [0.25, 0.3) is 0 Å². The maximum Gasteiger partial charge on any atom is 0.138 e. The smallest absolute Gasteiger partial charge is 0.138 e. The number of nitrogens with zero attached hydrogens (tertiary/aromatic N) is 3. The Kier molecular flexibility index (Phi) is 5.70. The molecule has 0 saturated heterocycles. The van der Waals surface area contributed by atoms with Gasteiger partial charge in [-0.15, -0.1) is 0 Å². The van der Waals surface area contributed by atoms with E-state index in [-0.39, 0.29) is 5.82 Å². The predicted octanol–water partition coefficient (Wildman–Crippen LogP) is 7.76. The van der Waals surface area contributed by atoms with Crippen molar-refractivity contribution in [3.8, 4) is 33.6 Å². The first-order valence-corrected chi connectivity index (χ1v) is 12.9. The molecule has 7 rings (SSSR count). The average molecular weight is 510 g/mol. The lowest BCUT2D eigenvalue weighted by atomic mass is 10.00. The Morgan fingerprint density at radius 3 is 2.49 bits per heavy atom. The van der Waals surface area contributed by atoms with Gasteiger partial charge in [0.2, 0.25) is 0 Å². The molecule has 0 amide bonds. The molecule has 7 aromatic rings. The number of fused-ring (bicyclic) bond motifs is 2. The van der Waals surface area contributed by atoms with Crippen LogP contribution < -0.4 is 0 Å². The van der Waals surface area contributed by atoms with Crippen molar-refractivity contribution in [1.82, 2.24) is 25.1 Å². The second-order valence-corrected chi connectivity index (χ2v) is 9.71. The van der Waals surface area contributed by atoms with Crippen molar-refractivity contribution >= 4 is 21.9 Å². The molecular formula is C33H24FN5. The zero-order chi connectivity index (χ0) is 26.2. The number of aryl methyl sites for hydroxylation is 2. The lowest BCUT2D eigenvalue weighted by molar-refractivity contribution is 0.628. The number of hydrogen-bond acceptors (Lipinski definition) is 3. The molecule has 39 heavy (non-hydrogen) atoms. The van der Waals surface area contributed by atoms with Gasteiger partial charge in [0.1, 0.15) is 17.2 Å². The van der Waals surface area contributed by atoms with Gasteiger partial charge in [0.15, 0.2) is 0 Å². The molecule has 0 saturated carbocycles. The largest absolute Gasteiger partial charge is 0.338 e. The van der Waals surface area contributed by atoms with Crippen LogP contribution in [0.5, 0.6) is 0 Å². The van der Waals surface area contributed by atoms with E-state index < -0.39 is 0 Å². The van der Waals surface area contributed by atoms with E-state index in [1.807, 2.05) is 36.7 Å². The van der Waals surface area contributed by atoms with Crippen molar-refractivity contribution in [3.05, 3.63) is 127 Å². The highest BCUT2D eigenvalue weighted by molar-refractivity contribution is 6.00. The first-order valence-electron chi connectivity index (χ1n) is 12.9. The standard InChI is InChI=1S/C33H24FN5/c34-26-8-4-7-24(16-26)27-13-14-36-33-28(27)18-31(37-33)32-29-17-23(11-12-30(29)38-39-32)25-15-22(19-35-20-25)10-9-21-5-2-1-3-6-21/h1-8,11-20H,9-10H2,(H,36,37)(H,38,39). The van der Waals surface area contributed by atoms with Gasteiger partial charge < -0.3 is 4.98 Å². The van der Waals surface area contributed by atoms with Crippen LogP contribution in [0.3, 0.4) is 0 Å². The van der Waals surface area contributed by atoms with Crippen LogP contribution >= 0.6 is 0 Å². The van der Waals surface area contributed by atoms with Gasteiger partial charge in [0.05, 0.1) is 11.2 Å². The topological polar surface area (TPSA) is 70.2 Å². The van der Waals surface area contributed by atoms with Crippen LogP contribution in [0.4, 0.5) is 4.39 Å². The second-order valence-electron chi connectivity index (χ2n) is 9.71. The fourth-order valence-corrected chi connectivity index (χ4v) is 5.18. The van der Waals surface area contributed by atoms with E-state index in [1.54, 1.807) is 18.3 Å². The molecule has 0 fully saturated rings. The molecule has 0 radical (unpaired) electrons. The molecule has 0 aliphatic rings. The summed E-state index contributed by atoms with van der Waals surface area (Å²) >= 11 is 0. The Morgan fingerprint density at radius 1 is 0.692 bits per heavy atom. The Morgan fingerprint density at radius 2 is 1.59 bits per heavy atom. The highest BCUT2D eigenvalue weighted by Gasteiger charge is 2.15. The van der Waals surface area contributed by atoms with Gasteiger partial charge in [-0.25, -0.2) is 9.37 Å². The third-order valence-electron chi connectivity index (χ3n) is 7.16. The maximum absolute atomic E-state index is 13.9. The summed E-state index contributed by atoms with van der Waals surface area (Å²) < 4.78 is 13.9. The Bertz CT molecular complexity index is 1940. The van der Waals surface area contributed by atoms with Crippen molar-refractivity contribution in [2.75, 3.05) is 0 Å². The summed E-state index contributed by atoms with van der Waals surface area (Å²) in [4.78, 5) is 12.5. The molecule has 0 spiro atoms. The minimum atomic E-state index is -0.266. The number of rotatable bonds is 6. The van der Waals surface area contributed by atoms with Crippen LogP contribution in [0, 0.1) is 5.82 Å². The number of pyridine rings is 2. The van der Waals surface area contributed by atoms with Crippen LogP contribution in [0.15, 0.2) is 110 Å². The van der Waals surface area contributed by atoms with E-state index in [9.17, 15) is 4.39 Å². The van der Waals surface area contributed by atoms with Crippen LogP contribution in [-0.2, 0) is 12.8 Å². The van der Waals surface area contributed by atoms with Crippen LogP contribution in [-0.4, -0.2) is 25.1 Å². The predicted molar refractivity (Wildman–Crippen MR) is 154 cm³/mol.